The number of hydrogen-bond donors (Lipinski definition) is 1. The number of aromatic nitrogens is 2. The van der Waals surface area contributed by atoms with Gasteiger partial charge in [-0.2, -0.15) is 9.97 Å². The van der Waals surface area contributed by atoms with Crippen LogP contribution in [0.5, 0.6) is 6.01 Å². The third kappa shape index (κ3) is 2.52. The number of hydrogen-bond acceptors (Lipinski definition) is 6. The Labute approximate surface area is 142 Å². The van der Waals surface area contributed by atoms with Crippen molar-refractivity contribution in [2.24, 2.45) is 0 Å². The number of nitrogens with zero attached hydrogens (tertiary/aromatic N) is 4. The number of nitrogens with one attached hydrogen (secondary N) is 1. The Morgan fingerprint density at radius 3 is 2.79 bits per heavy atom. The van der Waals surface area contributed by atoms with Crippen molar-refractivity contribution in [2.75, 3.05) is 26.0 Å². The molecule has 5 heterocycles. The molecule has 2 aromatic rings. The number of anilines is 1. The van der Waals surface area contributed by atoms with Gasteiger partial charge in [-0.15, -0.1) is 0 Å². The molecule has 4 bridgehead atoms. The van der Waals surface area contributed by atoms with E-state index >= 15 is 0 Å². The van der Waals surface area contributed by atoms with Crippen LogP contribution in [-0.4, -0.2) is 46.3 Å². The highest BCUT2D eigenvalue weighted by Gasteiger charge is 2.42. The number of fused-ring (bicyclic) bond motifs is 2. The van der Waals surface area contributed by atoms with Gasteiger partial charge in [-0.1, -0.05) is 30.3 Å². The molecule has 0 saturated carbocycles. The first-order valence-corrected chi connectivity index (χ1v) is 8.35. The monoisotopic (exact) mass is 325 g/mol. The van der Waals surface area contributed by atoms with Crippen LogP contribution >= 0.6 is 0 Å². The van der Waals surface area contributed by atoms with E-state index < -0.39 is 5.85 Å². The Kier molecular flexibility index (Phi) is 3.66. The van der Waals surface area contributed by atoms with Gasteiger partial charge >= 0.3 is 6.01 Å². The molecule has 6 rings (SSSR count). The molecule has 126 valence electrons. The fraction of sp³-hybridized carbons (Fsp3) is 0.444. The van der Waals surface area contributed by atoms with E-state index in [0.29, 0.717) is 6.01 Å². The van der Waals surface area contributed by atoms with E-state index in [1.165, 1.54) is 11.1 Å². The van der Waals surface area contributed by atoms with Gasteiger partial charge in [0.05, 0.1) is 5.69 Å². The van der Waals surface area contributed by atoms with Crippen LogP contribution in [-0.2, 0) is 19.5 Å². The lowest BCUT2D eigenvalue weighted by atomic mass is 10.0. The van der Waals surface area contributed by atoms with Crippen molar-refractivity contribution in [3.63, 3.8) is 0 Å². The molecule has 2 atom stereocenters. The molecule has 2 unspecified atom stereocenters. The lowest BCUT2D eigenvalue weighted by Gasteiger charge is -2.48. The van der Waals surface area contributed by atoms with E-state index in [-0.39, 0.29) is 0 Å². The summed E-state index contributed by atoms with van der Waals surface area (Å²) in [7, 11) is 4.05. The van der Waals surface area contributed by atoms with Gasteiger partial charge in [0.1, 0.15) is 5.82 Å². The number of benzene rings is 1. The van der Waals surface area contributed by atoms with Crippen LogP contribution < -0.4 is 10.1 Å². The average molecular weight is 325 g/mol. The Morgan fingerprint density at radius 1 is 1.25 bits per heavy atom. The van der Waals surface area contributed by atoms with E-state index in [4.69, 9.17) is 4.74 Å². The fourth-order valence-corrected chi connectivity index (χ4v) is 3.33. The first-order valence-electron chi connectivity index (χ1n) is 8.35. The van der Waals surface area contributed by atoms with E-state index in [1.54, 1.807) is 0 Å². The third-order valence-corrected chi connectivity index (χ3v) is 5.04. The maximum absolute atomic E-state index is 6.18. The van der Waals surface area contributed by atoms with Crippen molar-refractivity contribution in [3.05, 3.63) is 47.2 Å². The minimum atomic E-state index is -0.523. The molecule has 1 N–H and O–H groups in total. The van der Waals surface area contributed by atoms with Crippen LogP contribution in [0.15, 0.2) is 30.3 Å². The second-order valence-corrected chi connectivity index (χ2v) is 6.72. The van der Waals surface area contributed by atoms with Gasteiger partial charge in [-0.25, -0.2) is 4.90 Å². The molecule has 0 amide bonds. The summed E-state index contributed by atoms with van der Waals surface area (Å²) >= 11 is 0. The fourth-order valence-electron chi connectivity index (χ4n) is 3.33. The first kappa shape index (κ1) is 15.4. The lowest BCUT2D eigenvalue weighted by Crippen LogP contribution is -2.62. The van der Waals surface area contributed by atoms with Crippen molar-refractivity contribution in [1.29, 1.82) is 0 Å². The molecular weight excluding hydrogens is 302 g/mol. The maximum atomic E-state index is 6.18. The molecule has 1 aromatic carbocycles. The zero-order chi connectivity index (χ0) is 16.7. The Hall–Kier alpha value is -2.18. The van der Waals surface area contributed by atoms with E-state index in [0.717, 1.165) is 37.6 Å². The second-order valence-electron chi connectivity index (χ2n) is 6.72. The first-order chi connectivity index (χ1) is 11.6. The second kappa shape index (κ2) is 5.72. The van der Waals surface area contributed by atoms with E-state index in [1.807, 2.05) is 32.3 Å². The van der Waals surface area contributed by atoms with Gasteiger partial charge in [0.15, 0.2) is 0 Å². The maximum Gasteiger partial charge on any atom is 0.321 e. The zero-order valence-corrected chi connectivity index (χ0v) is 14.4. The SMILES string of the molecule is CN(C)C1(C)Oc2nc3c(c(NCc4ccccc4)n2)CN1CC3. The molecule has 0 spiro atoms. The van der Waals surface area contributed by atoms with Gasteiger partial charge in [0.2, 0.25) is 5.85 Å². The molecule has 6 nitrogen and oxygen atoms in total. The van der Waals surface area contributed by atoms with Crippen LogP contribution in [0.3, 0.4) is 0 Å². The Bertz CT molecular complexity index is 749. The van der Waals surface area contributed by atoms with Crippen LogP contribution in [0.1, 0.15) is 23.7 Å². The zero-order valence-electron chi connectivity index (χ0n) is 14.4. The molecule has 6 heteroatoms. The van der Waals surface area contributed by atoms with Crippen LogP contribution in [0.4, 0.5) is 5.82 Å². The molecule has 4 aliphatic rings. The molecule has 0 saturated heterocycles. The summed E-state index contributed by atoms with van der Waals surface area (Å²) in [4.78, 5) is 13.7. The topological polar surface area (TPSA) is 53.5 Å². The Balaban J connectivity index is 1.66. The normalized spacial score (nSPS) is 24.6. The quantitative estimate of drug-likeness (QED) is 0.929. The highest BCUT2D eigenvalue weighted by molar-refractivity contribution is 5.49. The summed E-state index contributed by atoms with van der Waals surface area (Å²) in [6, 6.07) is 10.8. The molecule has 0 aliphatic carbocycles. The minimum Gasteiger partial charge on any atom is -0.428 e. The van der Waals surface area contributed by atoms with Crippen molar-refractivity contribution in [1.82, 2.24) is 19.8 Å². The average Bonchev–Trinajstić information content (AvgIpc) is 2.58. The predicted molar refractivity (Wildman–Crippen MR) is 92.6 cm³/mol. The van der Waals surface area contributed by atoms with Gasteiger partial charge < -0.3 is 10.1 Å². The molecule has 0 fully saturated rings. The number of ether oxygens (including phenoxy) is 1. The number of rotatable bonds is 4. The van der Waals surface area contributed by atoms with Crippen molar-refractivity contribution in [3.8, 4) is 6.01 Å². The van der Waals surface area contributed by atoms with Crippen molar-refractivity contribution >= 4 is 5.82 Å². The third-order valence-electron chi connectivity index (χ3n) is 5.04. The van der Waals surface area contributed by atoms with Crippen LogP contribution in [0.25, 0.3) is 0 Å². The van der Waals surface area contributed by atoms with Gasteiger partial charge in [0, 0.05) is 38.5 Å². The predicted octanol–water partition coefficient (Wildman–Crippen LogP) is 2.07. The largest absolute Gasteiger partial charge is 0.428 e. The summed E-state index contributed by atoms with van der Waals surface area (Å²) in [6.07, 6.45) is 0.928. The van der Waals surface area contributed by atoms with Crippen molar-refractivity contribution < 1.29 is 4.74 Å². The van der Waals surface area contributed by atoms with Gasteiger partial charge in [0.25, 0.3) is 0 Å². The highest BCUT2D eigenvalue weighted by Crippen LogP contribution is 2.35. The van der Waals surface area contributed by atoms with Crippen LogP contribution in [0, 0.1) is 0 Å². The molecule has 1 aromatic heterocycles. The standard InChI is InChI=1S/C18H23N5O/c1-18(22(2)3)23-10-9-15-14(12-23)16(21-17(20-15)24-18)19-11-13-7-5-4-6-8-13/h4-8H,9-12H2,1-3H3,(H,19,20,21). The molecule has 24 heavy (non-hydrogen) atoms. The van der Waals surface area contributed by atoms with E-state index in [2.05, 4.69) is 44.1 Å². The summed E-state index contributed by atoms with van der Waals surface area (Å²) < 4.78 is 6.18. The van der Waals surface area contributed by atoms with Crippen LogP contribution in [0.2, 0.25) is 0 Å². The minimum absolute atomic E-state index is 0.449. The van der Waals surface area contributed by atoms with Gasteiger partial charge in [-0.05, 0) is 19.7 Å². The summed E-state index contributed by atoms with van der Waals surface area (Å²) in [5, 5.41) is 3.47. The van der Waals surface area contributed by atoms with E-state index in [9.17, 15) is 0 Å². The molecular formula is C18H23N5O. The van der Waals surface area contributed by atoms with Gasteiger partial charge in [-0.3, -0.25) is 4.90 Å². The molecule has 0 radical (unpaired) electrons. The highest BCUT2D eigenvalue weighted by atomic mass is 16.6. The molecule has 4 aliphatic heterocycles. The van der Waals surface area contributed by atoms with Crippen molar-refractivity contribution in [2.45, 2.75) is 32.3 Å². The summed E-state index contributed by atoms with van der Waals surface area (Å²) in [5.74, 6) is 0.370. The lowest BCUT2D eigenvalue weighted by molar-refractivity contribution is -0.179. The summed E-state index contributed by atoms with van der Waals surface area (Å²) in [5.41, 5.74) is 3.53. The summed E-state index contributed by atoms with van der Waals surface area (Å²) in [6.45, 7) is 4.56. The smallest absolute Gasteiger partial charge is 0.321 e. The Morgan fingerprint density at radius 2 is 2.04 bits per heavy atom.